The fourth-order valence-corrected chi connectivity index (χ4v) is 5.88. The number of nitrogens with one attached hydrogen (secondary N) is 1. The van der Waals surface area contributed by atoms with Gasteiger partial charge in [0.15, 0.2) is 69.8 Å². The van der Waals surface area contributed by atoms with Crippen molar-refractivity contribution in [3.63, 3.8) is 0 Å². The molecule has 352 valence electrons. The molecule has 0 saturated carbocycles. The molecule has 26 heteroatoms. The van der Waals surface area contributed by atoms with Gasteiger partial charge < -0.3 is 24.6 Å². The summed E-state index contributed by atoms with van der Waals surface area (Å²) in [6, 6.07) is 10.4. The van der Waals surface area contributed by atoms with Crippen molar-refractivity contribution in [1.29, 1.82) is 0 Å². The monoisotopic (exact) mass is 953 g/mol. The lowest BCUT2D eigenvalue weighted by atomic mass is 9.12. The molecule has 0 spiro atoms. The van der Waals surface area contributed by atoms with E-state index in [0.29, 0.717) is 13.2 Å². The van der Waals surface area contributed by atoms with E-state index in [1.807, 2.05) is 6.07 Å². The minimum atomic E-state index is -7.22. The smallest absolute Gasteiger partial charge is 0.200 e. The Balaban J connectivity index is 0.000000613. The number of methoxy groups -OCH3 is 1. The second kappa shape index (κ2) is 23.0. The SMILES string of the molecule is COC.C[NH+](C)c1ccccc1.Fc1c(F)c(F)c([B-](c2c(F)c(F)c(F)c(F)c2F)(c2c(F)c(F)c(F)c(F)c2F)c2c(F)c(F)c(F)c(F)c2F)c(F)c1F.OCCOCCO. The highest BCUT2D eigenvalue weighted by Crippen LogP contribution is 2.30. The van der Waals surface area contributed by atoms with E-state index in [4.69, 9.17) is 10.2 Å². The van der Waals surface area contributed by atoms with E-state index in [1.54, 1.807) is 14.2 Å². The largest absolute Gasteiger partial charge is 0.394 e. The highest BCUT2D eigenvalue weighted by Gasteiger charge is 2.52. The third kappa shape index (κ3) is 10.2. The molecule has 3 N–H and O–H groups in total. The van der Waals surface area contributed by atoms with Crippen LogP contribution in [0.1, 0.15) is 0 Å². The second-order valence-electron chi connectivity index (χ2n) is 12.6. The summed E-state index contributed by atoms with van der Waals surface area (Å²) < 4.78 is 303. The summed E-state index contributed by atoms with van der Waals surface area (Å²) >= 11 is 0. The van der Waals surface area contributed by atoms with Gasteiger partial charge in [0.2, 0.25) is 0 Å². The van der Waals surface area contributed by atoms with Crippen molar-refractivity contribution in [3.05, 3.63) is 147 Å². The minimum Gasteiger partial charge on any atom is -0.394 e. The third-order valence-electron chi connectivity index (χ3n) is 8.53. The molecule has 5 rings (SSSR count). The number of aliphatic hydroxyl groups is 2. The zero-order valence-electron chi connectivity index (χ0n) is 32.6. The molecule has 0 aliphatic carbocycles. The Hall–Kier alpha value is -5.44. The zero-order valence-corrected chi connectivity index (χ0v) is 32.6. The van der Waals surface area contributed by atoms with Gasteiger partial charge in [0.1, 0.15) is 58.4 Å². The number of quaternary nitrogens is 1. The molecular weight excluding hydrogens is 925 g/mol. The van der Waals surface area contributed by atoms with Gasteiger partial charge in [-0.3, -0.25) is 0 Å². The maximum absolute atomic E-state index is 15.4. The summed E-state index contributed by atoms with van der Waals surface area (Å²) in [4.78, 5) is 1.37. The van der Waals surface area contributed by atoms with Crippen molar-refractivity contribution >= 4 is 33.7 Å². The van der Waals surface area contributed by atoms with Crippen LogP contribution in [0.3, 0.4) is 0 Å². The molecule has 0 bridgehead atoms. The molecule has 0 aliphatic heterocycles. The van der Waals surface area contributed by atoms with Crippen LogP contribution in [0.5, 0.6) is 0 Å². The van der Waals surface area contributed by atoms with Gasteiger partial charge in [-0.2, -0.15) is 0 Å². The molecule has 0 unspecified atom stereocenters. The van der Waals surface area contributed by atoms with Gasteiger partial charge in [-0.1, -0.05) is 18.2 Å². The van der Waals surface area contributed by atoms with Gasteiger partial charge in [0.25, 0.3) is 0 Å². The normalized spacial score (nSPS) is 11.2. The summed E-state index contributed by atoms with van der Waals surface area (Å²) in [5.74, 6) is -71.4. The van der Waals surface area contributed by atoms with E-state index in [1.165, 1.54) is 10.6 Å². The van der Waals surface area contributed by atoms with Crippen molar-refractivity contribution < 1.29 is 112 Å². The summed E-state index contributed by atoms with van der Waals surface area (Å²) in [7, 11) is 7.49. The number of hydrogen-bond acceptors (Lipinski definition) is 4. The highest BCUT2D eigenvalue weighted by molar-refractivity contribution is 7.20. The minimum absolute atomic E-state index is 0.0278. The molecule has 5 nitrogen and oxygen atoms in total. The van der Waals surface area contributed by atoms with Crippen LogP contribution in [-0.4, -0.2) is 71.1 Å². The first-order valence-electron chi connectivity index (χ1n) is 17.1. The molecule has 0 aliphatic rings. The maximum atomic E-state index is 15.4. The molecule has 0 radical (unpaired) electrons. The van der Waals surface area contributed by atoms with Crippen molar-refractivity contribution in [2.75, 3.05) is 54.7 Å². The van der Waals surface area contributed by atoms with Gasteiger partial charge in [-0.15, -0.1) is 21.9 Å². The number of rotatable bonds is 9. The topological polar surface area (TPSA) is 63.4 Å². The predicted molar refractivity (Wildman–Crippen MR) is 186 cm³/mol. The van der Waals surface area contributed by atoms with Crippen LogP contribution in [0.15, 0.2) is 30.3 Å². The lowest BCUT2D eigenvalue weighted by Crippen LogP contribution is -3.00. The lowest BCUT2D eigenvalue weighted by molar-refractivity contribution is -0.786. The number of aliphatic hydroxyl groups excluding tert-OH is 2. The summed E-state index contributed by atoms with van der Waals surface area (Å²) in [5, 5.41) is 16.2. The van der Waals surface area contributed by atoms with Crippen molar-refractivity contribution in [1.82, 2.24) is 0 Å². The standard InChI is InChI=1S/C24BF20.C8H11N.C4H10O3.C2H6O/c26-5-1(6(27)14(35)21(42)13(5)34)25(2-7(28)15(36)22(43)16(37)8(2)29,3-9(30)17(38)23(44)18(39)10(3)31)4-11(32)19(40)24(45)20(41)12(4)33;1-9(2)8-6-4-3-5-7-8;5-1-3-7-4-2-6;1-3-2/h;3-7H,1-2H3;5-6H,1-4H2;1-2H3/q-1;;;/p+1. The van der Waals surface area contributed by atoms with E-state index in [2.05, 4.69) is 47.8 Å². The molecule has 0 atom stereocenters. The molecule has 0 fully saturated rings. The molecular formula is C38H28BF20NO4. The van der Waals surface area contributed by atoms with E-state index in [0.717, 1.165) is 0 Å². The molecule has 0 aromatic heterocycles. The Morgan fingerprint density at radius 3 is 0.719 bits per heavy atom. The molecule has 0 saturated heterocycles. The van der Waals surface area contributed by atoms with Crippen LogP contribution in [0.4, 0.5) is 93.5 Å². The van der Waals surface area contributed by atoms with Gasteiger partial charge in [-0.25, -0.2) is 87.8 Å². The molecule has 5 aromatic rings. The summed E-state index contributed by atoms with van der Waals surface area (Å²) in [6.07, 6.45) is -7.22. The van der Waals surface area contributed by atoms with Crippen molar-refractivity contribution in [2.24, 2.45) is 0 Å². The molecule has 5 aromatic carbocycles. The van der Waals surface area contributed by atoms with E-state index in [-0.39, 0.29) is 13.2 Å². The number of hydrogen-bond donors (Lipinski definition) is 3. The van der Waals surface area contributed by atoms with Gasteiger partial charge >= 0.3 is 0 Å². The highest BCUT2D eigenvalue weighted by atomic mass is 19.2. The first kappa shape index (κ1) is 54.7. The Kier molecular flexibility index (Phi) is 19.6. The van der Waals surface area contributed by atoms with Gasteiger partial charge in [-0.05, 0) is 12.1 Å². The van der Waals surface area contributed by atoms with Gasteiger partial charge in [0.05, 0.1) is 40.5 Å². The average Bonchev–Trinajstić information content (AvgIpc) is 3.27. The molecule has 64 heavy (non-hydrogen) atoms. The summed E-state index contributed by atoms with van der Waals surface area (Å²) in [6.45, 7) is 0.696. The van der Waals surface area contributed by atoms with Crippen molar-refractivity contribution in [2.45, 2.75) is 0 Å². The first-order valence-corrected chi connectivity index (χ1v) is 17.1. The maximum Gasteiger partial charge on any atom is 0.200 e. The second-order valence-corrected chi connectivity index (χ2v) is 12.6. The Labute approximate surface area is 347 Å². The Bertz CT molecular complexity index is 2060. The van der Waals surface area contributed by atoms with Crippen LogP contribution in [-0.2, 0) is 9.47 Å². The van der Waals surface area contributed by atoms with Crippen LogP contribution < -0.4 is 26.8 Å². The average molecular weight is 953 g/mol. The first-order chi connectivity index (χ1) is 29.8. The number of benzene rings is 5. The third-order valence-corrected chi connectivity index (χ3v) is 8.53. The fourth-order valence-electron chi connectivity index (χ4n) is 5.88. The van der Waals surface area contributed by atoms with E-state index < -0.39 is 144 Å². The lowest BCUT2D eigenvalue weighted by Gasteiger charge is -2.44. The zero-order chi connectivity index (χ0) is 49.3. The Morgan fingerprint density at radius 2 is 0.562 bits per heavy atom. The number of halogens is 20. The molecule has 0 heterocycles. The van der Waals surface area contributed by atoms with Gasteiger partial charge in [0, 0.05) is 14.2 Å². The van der Waals surface area contributed by atoms with Crippen LogP contribution in [0.25, 0.3) is 0 Å². The van der Waals surface area contributed by atoms with Crippen LogP contribution in [0, 0.1) is 116 Å². The molecule has 0 amide bonds. The van der Waals surface area contributed by atoms with Crippen molar-refractivity contribution in [3.8, 4) is 0 Å². The van der Waals surface area contributed by atoms with Crippen LogP contribution >= 0.6 is 0 Å². The van der Waals surface area contributed by atoms with Crippen LogP contribution in [0.2, 0.25) is 0 Å². The predicted octanol–water partition coefficient (Wildman–Crippen LogP) is 5.56. The number of ether oxygens (including phenoxy) is 2. The quantitative estimate of drug-likeness (QED) is 0.0597. The van der Waals surface area contributed by atoms with E-state index in [9.17, 15) is 52.7 Å². The summed E-state index contributed by atoms with van der Waals surface area (Å²) in [5.41, 5.74) is -13.0. The van der Waals surface area contributed by atoms with E-state index >= 15 is 35.1 Å². The number of para-hydroxylation sites is 1. The Morgan fingerprint density at radius 1 is 0.375 bits per heavy atom. The fraction of sp³-hybridized carbons (Fsp3) is 0.211.